The van der Waals surface area contributed by atoms with Crippen LogP contribution in [-0.4, -0.2) is 26.2 Å². The van der Waals surface area contributed by atoms with Gasteiger partial charge in [0.25, 0.3) is 0 Å². The average Bonchev–Trinajstić information content (AvgIpc) is 2.80. The van der Waals surface area contributed by atoms with Crippen LogP contribution in [0.2, 0.25) is 0 Å². The summed E-state index contributed by atoms with van der Waals surface area (Å²) >= 11 is 0. The maximum absolute atomic E-state index is 3.57. The van der Waals surface area contributed by atoms with Crippen LogP contribution >= 0.6 is 0 Å². The molecule has 0 spiro atoms. The Balaban J connectivity index is 1.29. The van der Waals surface area contributed by atoms with Gasteiger partial charge in [0, 0.05) is 48.6 Å². The largest absolute Gasteiger partial charge is 0.383 e. The highest BCUT2D eigenvalue weighted by molar-refractivity contribution is 5.93. The molecule has 0 saturated heterocycles. The summed E-state index contributed by atoms with van der Waals surface area (Å²) in [7, 11) is 0. The molecular formula is C26H27N3. The molecule has 3 nitrogen and oxygen atoms in total. The third kappa shape index (κ3) is 4.95. The van der Waals surface area contributed by atoms with Crippen LogP contribution in [-0.2, 0) is 0 Å². The molecule has 0 aliphatic carbocycles. The number of hydrogen-bond donors (Lipinski definition) is 2. The first-order valence-electron chi connectivity index (χ1n) is 10.2. The number of rotatable bonds is 9. The summed E-state index contributed by atoms with van der Waals surface area (Å²) in [6, 6.07) is 36.0. The van der Waals surface area contributed by atoms with Crippen molar-refractivity contribution in [2.75, 3.05) is 36.4 Å². The fourth-order valence-corrected chi connectivity index (χ4v) is 3.60. The molecule has 2 N–H and O–H groups in total. The predicted molar refractivity (Wildman–Crippen MR) is 125 cm³/mol. The minimum Gasteiger partial charge on any atom is -0.383 e. The lowest BCUT2D eigenvalue weighted by Gasteiger charge is -2.25. The third-order valence-corrected chi connectivity index (χ3v) is 5.05. The number of nitrogens with zero attached hydrogens (tertiary/aromatic N) is 1. The summed E-state index contributed by atoms with van der Waals surface area (Å²) in [5.74, 6) is 0. The number of benzene rings is 4. The maximum Gasteiger partial charge on any atom is 0.0420 e. The zero-order valence-electron chi connectivity index (χ0n) is 16.6. The molecule has 29 heavy (non-hydrogen) atoms. The minimum absolute atomic E-state index is 0.894. The van der Waals surface area contributed by atoms with Gasteiger partial charge in [-0.3, -0.25) is 0 Å². The van der Waals surface area contributed by atoms with Gasteiger partial charge >= 0.3 is 0 Å². The highest BCUT2D eigenvalue weighted by Gasteiger charge is 2.08. The molecular weight excluding hydrogens is 354 g/mol. The summed E-state index contributed by atoms with van der Waals surface area (Å²) < 4.78 is 0. The quantitative estimate of drug-likeness (QED) is 0.365. The summed E-state index contributed by atoms with van der Waals surface area (Å²) in [6.45, 7) is 3.65. The van der Waals surface area contributed by atoms with Gasteiger partial charge in [0.1, 0.15) is 0 Å². The van der Waals surface area contributed by atoms with Crippen molar-refractivity contribution in [2.24, 2.45) is 0 Å². The lowest BCUT2D eigenvalue weighted by molar-refractivity contribution is 0.699. The topological polar surface area (TPSA) is 27.3 Å². The first kappa shape index (κ1) is 19.0. The van der Waals surface area contributed by atoms with Crippen LogP contribution in [0.4, 0.5) is 17.1 Å². The van der Waals surface area contributed by atoms with Crippen LogP contribution in [0.5, 0.6) is 0 Å². The van der Waals surface area contributed by atoms with Gasteiger partial charge in [0.2, 0.25) is 0 Å². The zero-order chi connectivity index (χ0) is 19.7. The Morgan fingerprint density at radius 1 is 0.552 bits per heavy atom. The molecule has 4 aromatic carbocycles. The Hall–Kier alpha value is -3.30. The van der Waals surface area contributed by atoms with Gasteiger partial charge in [-0.05, 0) is 35.7 Å². The first-order chi connectivity index (χ1) is 14.4. The molecule has 146 valence electrons. The molecule has 0 aliphatic heterocycles. The average molecular weight is 382 g/mol. The van der Waals surface area contributed by atoms with Crippen LogP contribution in [0, 0.1) is 0 Å². The molecule has 0 aromatic heterocycles. The molecule has 4 aromatic rings. The van der Waals surface area contributed by atoms with Crippen LogP contribution in [0.1, 0.15) is 0 Å². The van der Waals surface area contributed by atoms with E-state index in [4.69, 9.17) is 0 Å². The van der Waals surface area contributed by atoms with Crippen LogP contribution in [0.3, 0.4) is 0 Å². The van der Waals surface area contributed by atoms with E-state index in [0.29, 0.717) is 0 Å². The molecule has 0 amide bonds. The SMILES string of the molecule is c1ccc(N(CCNCCNc2cccc3ccccc23)c2ccccc2)cc1. The Morgan fingerprint density at radius 3 is 1.90 bits per heavy atom. The molecule has 0 heterocycles. The number of anilines is 3. The summed E-state index contributed by atoms with van der Waals surface area (Å²) in [5, 5.41) is 9.68. The van der Waals surface area contributed by atoms with Crippen LogP contribution in [0.25, 0.3) is 10.8 Å². The standard InChI is InChI=1S/C26H27N3/c1-3-12-23(13-4-1)29(24-14-5-2-6-15-24)21-20-27-18-19-28-26-17-9-11-22-10-7-8-16-25(22)26/h1-17,27-28H,18-21H2. The maximum atomic E-state index is 3.57. The normalized spacial score (nSPS) is 10.8. The van der Waals surface area contributed by atoms with Gasteiger partial charge in [-0.2, -0.15) is 0 Å². The van der Waals surface area contributed by atoms with Crippen molar-refractivity contribution in [3.63, 3.8) is 0 Å². The second-order valence-corrected chi connectivity index (χ2v) is 7.03. The molecule has 0 unspecified atom stereocenters. The smallest absolute Gasteiger partial charge is 0.0420 e. The Kier molecular flexibility index (Phi) is 6.41. The lowest BCUT2D eigenvalue weighted by Crippen LogP contribution is -2.31. The third-order valence-electron chi connectivity index (χ3n) is 5.05. The Labute approximate surface area is 173 Å². The van der Waals surface area contributed by atoms with Crippen molar-refractivity contribution in [3.05, 3.63) is 103 Å². The van der Waals surface area contributed by atoms with Crippen molar-refractivity contribution in [3.8, 4) is 0 Å². The molecule has 3 heteroatoms. The minimum atomic E-state index is 0.894. The highest BCUT2D eigenvalue weighted by Crippen LogP contribution is 2.24. The van der Waals surface area contributed by atoms with Gasteiger partial charge in [0.15, 0.2) is 0 Å². The van der Waals surface area contributed by atoms with E-state index < -0.39 is 0 Å². The lowest BCUT2D eigenvalue weighted by atomic mass is 10.1. The van der Waals surface area contributed by atoms with Crippen molar-refractivity contribution in [1.29, 1.82) is 0 Å². The number of para-hydroxylation sites is 2. The monoisotopic (exact) mass is 381 g/mol. The van der Waals surface area contributed by atoms with Gasteiger partial charge in [-0.25, -0.2) is 0 Å². The van der Waals surface area contributed by atoms with E-state index in [1.165, 1.54) is 27.8 Å². The molecule has 0 fully saturated rings. The first-order valence-corrected chi connectivity index (χ1v) is 10.2. The van der Waals surface area contributed by atoms with Gasteiger partial charge < -0.3 is 15.5 Å². The molecule has 0 aliphatic rings. The molecule has 0 saturated carbocycles. The molecule has 4 rings (SSSR count). The van der Waals surface area contributed by atoms with Crippen LogP contribution < -0.4 is 15.5 Å². The Bertz CT molecular complexity index is 971. The van der Waals surface area contributed by atoms with Gasteiger partial charge in [-0.15, -0.1) is 0 Å². The fraction of sp³-hybridized carbons (Fsp3) is 0.154. The van der Waals surface area contributed by atoms with E-state index in [1.807, 2.05) is 0 Å². The van der Waals surface area contributed by atoms with E-state index in [2.05, 4.69) is 119 Å². The fourth-order valence-electron chi connectivity index (χ4n) is 3.60. The van der Waals surface area contributed by atoms with E-state index in [1.54, 1.807) is 0 Å². The Morgan fingerprint density at radius 2 is 1.17 bits per heavy atom. The summed E-state index contributed by atoms with van der Waals surface area (Å²) in [6.07, 6.45) is 0. The van der Waals surface area contributed by atoms with E-state index in [-0.39, 0.29) is 0 Å². The molecule has 0 atom stereocenters. The van der Waals surface area contributed by atoms with Crippen LogP contribution in [0.15, 0.2) is 103 Å². The van der Waals surface area contributed by atoms with E-state index in [0.717, 1.165) is 26.2 Å². The summed E-state index contributed by atoms with van der Waals surface area (Å²) in [4.78, 5) is 2.35. The van der Waals surface area contributed by atoms with E-state index in [9.17, 15) is 0 Å². The van der Waals surface area contributed by atoms with Crippen molar-refractivity contribution in [2.45, 2.75) is 0 Å². The highest BCUT2D eigenvalue weighted by atomic mass is 15.1. The number of hydrogen-bond acceptors (Lipinski definition) is 3. The number of fused-ring (bicyclic) bond motifs is 1. The summed E-state index contributed by atoms with van der Waals surface area (Å²) in [5.41, 5.74) is 3.63. The molecule has 0 radical (unpaired) electrons. The second kappa shape index (κ2) is 9.76. The van der Waals surface area contributed by atoms with Gasteiger partial charge in [-0.1, -0.05) is 72.8 Å². The van der Waals surface area contributed by atoms with Crippen molar-refractivity contribution in [1.82, 2.24) is 5.32 Å². The van der Waals surface area contributed by atoms with Crippen molar-refractivity contribution < 1.29 is 0 Å². The molecule has 0 bridgehead atoms. The predicted octanol–water partition coefficient (Wildman–Crippen LogP) is 5.68. The number of nitrogens with one attached hydrogen (secondary N) is 2. The van der Waals surface area contributed by atoms with Gasteiger partial charge in [0.05, 0.1) is 0 Å². The zero-order valence-corrected chi connectivity index (χ0v) is 16.6. The van der Waals surface area contributed by atoms with Crippen molar-refractivity contribution >= 4 is 27.8 Å². The van der Waals surface area contributed by atoms with E-state index >= 15 is 0 Å². The second-order valence-electron chi connectivity index (χ2n) is 7.03.